The minimum Gasteiger partial charge on any atom is -0.490 e. The maximum atomic E-state index is 12.8. The number of hydrogen-bond donors (Lipinski definition) is 1. The number of nitrogens with one attached hydrogen (secondary N) is 1. The van der Waals surface area contributed by atoms with Gasteiger partial charge in [0.1, 0.15) is 4.32 Å². The molecule has 2 aromatic rings. The highest BCUT2D eigenvalue weighted by Crippen LogP contribution is 2.39. The molecule has 0 bridgehead atoms. The number of benzene rings is 2. The van der Waals surface area contributed by atoms with Gasteiger partial charge in [0.25, 0.3) is 11.8 Å². The van der Waals surface area contributed by atoms with E-state index in [9.17, 15) is 9.59 Å². The Kier molecular flexibility index (Phi) is 9.38. The van der Waals surface area contributed by atoms with E-state index in [0.29, 0.717) is 39.4 Å². The van der Waals surface area contributed by atoms with Gasteiger partial charge in [-0.2, -0.15) is 0 Å². The Morgan fingerprint density at radius 3 is 2.62 bits per heavy atom. The molecule has 0 atom stereocenters. The lowest BCUT2D eigenvalue weighted by Crippen LogP contribution is -2.28. The summed E-state index contributed by atoms with van der Waals surface area (Å²) >= 11 is 13.1. The largest absolute Gasteiger partial charge is 0.490 e. The normalized spacial score (nSPS) is 14.6. The zero-order chi connectivity index (χ0) is 24.7. The average molecular weight is 519 g/mol. The Balaban J connectivity index is 1.74. The first-order chi connectivity index (χ1) is 16.3. The number of carbonyl (C=O) groups is 2. The quantitative estimate of drug-likeness (QED) is 0.304. The fourth-order valence-corrected chi connectivity index (χ4v) is 4.79. The lowest BCUT2D eigenvalue weighted by molar-refractivity contribution is -0.122. The van der Waals surface area contributed by atoms with Gasteiger partial charge in [0.15, 0.2) is 18.1 Å². The fourth-order valence-electron chi connectivity index (χ4n) is 3.21. The summed E-state index contributed by atoms with van der Waals surface area (Å²) in [6.45, 7) is 6.65. The highest BCUT2D eigenvalue weighted by atomic mass is 35.5. The number of hydrogen-bond acceptors (Lipinski definition) is 6. The summed E-state index contributed by atoms with van der Waals surface area (Å²) in [6.07, 6.45) is 3.62. The molecule has 0 spiro atoms. The summed E-state index contributed by atoms with van der Waals surface area (Å²) in [5.74, 6) is 0.244. The third-order valence-electron chi connectivity index (χ3n) is 4.92. The van der Waals surface area contributed by atoms with Crippen LogP contribution in [0.1, 0.15) is 37.8 Å². The standard InChI is InChI=1S/C25H27ClN2O4S2/c1-4-6-11-28-24(30)21(34-25(28)33)14-17-12-19(26)23(20(13-17)31-5-2)32-15-22(29)27-18-9-7-16(3)8-10-18/h7-10,12-14H,4-6,11,15H2,1-3H3,(H,27,29)/b21-14-. The zero-order valence-electron chi connectivity index (χ0n) is 19.4. The lowest BCUT2D eigenvalue weighted by Gasteiger charge is -2.15. The molecule has 2 aromatic carbocycles. The van der Waals surface area contributed by atoms with Crippen LogP contribution in [0.3, 0.4) is 0 Å². The molecule has 1 aliphatic rings. The summed E-state index contributed by atoms with van der Waals surface area (Å²) in [6, 6.07) is 10.9. The van der Waals surface area contributed by atoms with Gasteiger partial charge in [0.2, 0.25) is 0 Å². The van der Waals surface area contributed by atoms with Crippen molar-refractivity contribution in [2.24, 2.45) is 0 Å². The number of anilines is 1. The number of unbranched alkanes of at least 4 members (excludes halogenated alkanes) is 1. The summed E-state index contributed by atoms with van der Waals surface area (Å²) < 4.78 is 12.0. The van der Waals surface area contributed by atoms with Gasteiger partial charge >= 0.3 is 0 Å². The lowest BCUT2D eigenvalue weighted by atomic mass is 10.1. The van der Waals surface area contributed by atoms with E-state index in [2.05, 4.69) is 12.2 Å². The van der Waals surface area contributed by atoms with Gasteiger partial charge in [0.05, 0.1) is 16.5 Å². The molecule has 3 rings (SSSR count). The van der Waals surface area contributed by atoms with Crippen molar-refractivity contribution in [3.8, 4) is 11.5 Å². The zero-order valence-corrected chi connectivity index (χ0v) is 21.7. The van der Waals surface area contributed by atoms with Gasteiger partial charge in [-0.25, -0.2) is 0 Å². The van der Waals surface area contributed by atoms with Crippen molar-refractivity contribution in [3.63, 3.8) is 0 Å². The van der Waals surface area contributed by atoms with E-state index in [1.165, 1.54) is 11.8 Å². The predicted molar refractivity (Wildman–Crippen MR) is 143 cm³/mol. The van der Waals surface area contributed by atoms with E-state index in [1.54, 1.807) is 23.1 Å². The number of ether oxygens (including phenoxy) is 2. The van der Waals surface area contributed by atoms with Crippen LogP contribution >= 0.6 is 35.6 Å². The second kappa shape index (κ2) is 12.2. The van der Waals surface area contributed by atoms with E-state index in [1.807, 2.05) is 38.1 Å². The van der Waals surface area contributed by atoms with Crippen LogP contribution in [0.2, 0.25) is 5.02 Å². The van der Waals surface area contributed by atoms with Crippen molar-refractivity contribution in [2.45, 2.75) is 33.6 Å². The number of halogens is 1. The summed E-state index contributed by atoms with van der Waals surface area (Å²) in [4.78, 5) is 27.2. The Labute approximate surface area is 214 Å². The molecule has 0 radical (unpaired) electrons. The Morgan fingerprint density at radius 1 is 1.21 bits per heavy atom. The number of aryl methyl sites for hydroxylation is 1. The molecule has 1 heterocycles. The number of carbonyl (C=O) groups excluding carboxylic acids is 2. The van der Waals surface area contributed by atoms with Crippen LogP contribution in [0.5, 0.6) is 11.5 Å². The SMILES string of the molecule is CCCCN1C(=O)/C(=C/c2cc(Cl)c(OCC(=O)Nc3ccc(C)cc3)c(OCC)c2)SC1=S. The molecule has 180 valence electrons. The number of rotatable bonds is 10. The monoisotopic (exact) mass is 518 g/mol. The van der Waals surface area contributed by atoms with Crippen LogP contribution in [0.4, 0.5) is 5.69 Å². The Hall–Kier alpha value is -2.55. The molecule has 2 amide bonds. The summed E-state index contributed by atoms with van der Waals surface area (Å²) in [7, 11) is 0. The van der Waals surface area contributed by atoms with Crippen LogP contribution in [-0.2, 0) is 9.59 Å². The average Bonchev–Trinajstić information content (AvgIpc) is 3.05. The van der Waals surface area contributed by atoms with Gasteiger partial charge < -0.3 is 14.8 Å². The molecule has 0 saturated carbocycles. The number of nitrogens with zero attached hydrogens (tertiary/aromatic N) is 1. The van der Waals surface area contributed by atoms with Gasteiger partial charge in [-0.1, -0.05) is 66.6 Å². The van der Waals surface area contributed by atoms with E-state index in [4.69, 9.17) is 33.3 Å². The Bertz CT molecular complexity index is 1100. The van der Waals surface area contributed by atoms with Crippen molar-refractivity contribution in [1.82, 2.24) is 4.90 Å². The number of amides is 2. The molecular formula is C25H27ClN2O4S2. The molecular weight excluding hydrogens is 492 g/mol. The van der Waals surface area contributed by atoms with Crippen molar-refractivity contribution in [2.75, 3.05) is 25.1 Å². The third kappa shape index (κ3) is 6.74. The fraction of sp³-hybridized carbons (Fsp3) is 0.320. The molecule has 34 heavy (non-hydrogen) atoms. The van der Waals surface area contributed by atoms with Crippen LogP contribution in [0.15, 0.2) is 41.3 Å². The molecule has 6 nitrogen and oxygen atoms in total. The van der Waals surface area contributed by atoms with E-state index in [0.717, 1.165) is 18.4 Å². The maximum absolute atomic E-state index is 12.8. The third-order valence-corrected chi connectivity index (χ3v) is 6.58. The first-order valence-corrected chi connectivity index (χ1v) is 12.6. The van der Waals surface area contributed by atoms with Crippen LogP contribution in [0.25, 0.3) is 6.08 Å². The first-order valence-electron chi connectivity index (χ1n) is 11.0. The van der Waals surface area contributed by atoms with Crippen molar-refractivity contribution >= 4 is 63.5 Å². The van der Waals surface area contributed by atoms with Crippen molar-refractivity contribution in [3.05, 3.63) is 57.5 Å². The molecule has 0 aliphatic carbocycles. The van der Waals surface area contributed by atoms with Crippen molar-refractivity contribution < 1.29 is 19.1 Å². The minimum atomic E-state index is -0.317. The second-order valence-electron chi connectivity index (χ2n) is 7.65. The van der Waals surface area contributed by atoms with E-state index in [-0.39, 0.29) is 29.2 Å². The van der Waals surface area contributed by atoms with E-state index >= 15 is 0 Å². The molecule has 1 fully saturated rings. The van der Waals surface area contributed by atoms with Gasteiger partial charge in [-0.15, -0.1) is 0 Å². The van der Waals surface area contributed by atoms with Crippen LogP contribution in [-0.4, -0.2) is 40.8 Å². The van der Waals surface area contributed by atoms with E-state index < -0.39 is 0 Å². The Morgan fingerprint density at radius 2 is 1.94 bits per heavy atom. The van der Waals surface area contributed by atoms with Gasteiger partial charge in [-0.3, -0.25) is 14.5 Å². The topological polar surface area (TPSA) is 67.9 Å². The van der Waals surface area contributed by atoms with Crippen LogP contribution in [0, 0.1) is 6.92 Å². The number of thioether (sulfide) groups is 1. The molecule has 1 saturated heterocycles. The first kappa shape index (κ1) is 26.1. The molecule has 0 aromatic heterocycles. The highest BCUT2D eigenvalue weighted by Gasteiger charge is 2.31. The van der Waals surface area contributed by atoms with Gasteiger partial charge in [0, 0.05) is 12.2 Å². The molecule has 9 heteroatoms. The molecule has 1 N–H and O–H groups in total. The molecule has 1 aliphatic heterocycles. The van der Waals surface area contributed by atoms with Crippen LogP contribution < -0.4 is 14.8 Å². The number of thiocarbonyl (C=S) groups is 1. The second-order valence-corrected chi connectivity index (χ2v) is 9.74. The summed E-state index contributed by atoms with van der Waals surface area (Å²) in [5, 5.41) is 3.06. The predicted octanol–water partition coefficient (Wildman–Crippen LogP) is 6.07. The van der Waals surface area contributed by atoms with Crippen molar-refractivity contribution in [1.29, 1.82) is 0 Å². The maximum Gasteiger partial charge on any atom is 0.266 e. The smallest absolute Gasteiger partial charge is 0.266 e. The molecule has 0 unspecified atom stereocenters. The minimum absolute atomic E-state index is 0.106. The summed E-state index contributed by atoms with van der Waals surface area (Å²) in [5.41, 5.74) is 2.47. The highest BCUT2D eigenvalue weighted by molar-refractivity contribution is 8.26. The van der Waals surface area contributed by atoms with Gasteiger partial charge in [-0.05, 0) is 56.2 Å².